The molecular weight excluding hydrogens is 154 g/mol. The normalized spacial score (nSPS) is 7.83. The second kappa shape index (κ2) is 6.22. The van der Waals surface area contributed by atoms with Crippen molar-refractivity contribution in [2.75, 3.05) is 0 Å². The summed E-state index contributed by atoms with van der Waals surface area (Å²) in [5.41, 5.74) is 0.685. The highest BCUT2D eigenvalue weighted by molar-refractivity contribution is 5.78. The van der Waals surface area contributed by atoms with Gasteiger partial charge in [-0.05, 0) is 26.0 Å². The van der Waals surface area contributed by atoms with E-state index in [-0.39, 0.29) is 0 Å². The van der Waals surface area contributed by atoms with E-state index >= 15 is 0 Å². The van der Waals surface area contributed by atoms with Gasteiger partial charge >= 0.3 is 0 Å². The summed E-state index contributed by atoms with van der Waals surface area (Å²) in [4.78, 5) is 0. The van der Waals surface area contributed by atoms with Crippen molar-refractivity contribution in [1.29, 1.82) is 0 Å². The fourth-order valence-corrected chi connectivity index (χ4v) is 0.428. The maximum atomic E-state index is 8.63. The molecule has 0 saturated heterocycles. The van der Waals surface area contributed by atoms with Gasteiger partial charge in [-0.25, -0.2) is 0 Å². The number of hydrogen-bond acceptors (Lipinski definition) is 3. The molecule has 1 aromatic rings. The Labute approximate surface area is 72.0 Å². The molecule has 0 radical (unpaired) electrons. The van der Waals surface area contributed by atoms with Crippen molar-refractivity contribution in [1.82, 2.24) is 0 Å². The van der Waals surface area contributed by atoms with Gasteiger partial charge < -0.3 is 10.3 Å². The van der Waals surface area contributed by atoms with E-state index in [0.717, 1.165) is 0 Å². The van der Waals surface area contributed by atoms with E-state index in [2.05, 4.69) is 5.16 Å². The summed E-state index contributed by atoms with van der Waals surface area (Å²) in [6.07, 6.45) is 0. The number of hydrogen-bond donors (Lipinski definition) is 2. The van der Waals surface area contributed by atoms with Gasteiger partial charge in [0.2, 0.25) is 0 Å². The molecule has 1 rings (SSSR count). The van der Waals surface area contributed by atoms with Crippen LogP contribution in [0.25, 0.3) is 0 Å². The zero-order chi connectivity index (χ0) is 9.40. The molecule has 0 aromatic heterocycles. The quantitative estimate of drug-likeness (QED) is 0.353. The fourth-order valence-electron chi connectivity index (χ4n) is 0.428. The van der Waals surface area contributed by atoms with Gasteiger partial charge in [-0.3, -0.25) is 0 Å². The second-order valence-corrected chi connectivity index (χ2v) is 2.38. The molecule has 0 fully saturated rings. The lowest BCUT2D eigenvalue weighted by Gasteiger charge is -1.82. The third-order valence-corrected chi connectivity index (χ3v) is 0.956. The van der Waals surface area contributed by atoms with E-state index in [1.54, 1.807) is 38.1 Å². The van der Waals surface area contributed by atoms with Crippen molar-refractivity contribution < 1.29 is 10.3 Å². The smallest absolute Gasteiger partial charge is 0.115 e. The van der Waals surface area contributed by atoms with Crippen LogP contribution in [0.3, 0.4) is 0 Å². The average Bonchev–Trinajstić information content (AvgIpc) is 2.07. The first-order chi connectivity index (χ1) is 5.66. The van der Waals surface area contributed by atoms with Crippen LogP contribution in [-0.2, 0) is 0 Å². The maximum absolute atomic E-state index is 8.63. The third kappa shape index (κ3) is 6.61. The second-order valence-electron chi connectivity index (χ2n) is 2.38. The lowest BCUT2D eigenvalue weighted by atomic mass is 10.3. The molecule has 3 nitrogen and oxygen atoms in total. The Morgan fingerprint density at radius 2 is 1.58 bits per heavy atom. The molecule has 0 bridgehead atoms. The number of rotatable bonds is 0. The first-order valence-electron chi connectivity index (χ1n) is 3.56. The summed E-state index contributed by atoms with van der Waals surface area (Å²) in [5, 5.41) is 19.2. The van der Waals surface area contributed by atoms with Crippen molar-refractivity contribution in [3.05, 3.63) is 30.3 Å². The number of phenolic OH excluding ortho intramolecular Hbond substituents is 1. The van der Waals surface area contributed by atoms with E-state index in [0.29, 0.717) is 11.5 Å². The Hall–Kier alpha value is -1.51. The fraction of sp³-hybridized carbons (Fsp3) is 0.222. The lowest BCUT2D eigenvalue weighted by Crippen LogP contribution is -1.74. The highest BCUT2D eigenvalue weighted by atomic mass is 16.4. The molecule has 3 heteroatoms. The Morgan fingerprint density at radius 3 is 1.75 bits per heavy atom. The minimum absolute atomic E-state index is 0.322. The Bertz CT molecular complexity index is 228. The van der Waals surface area contributed by atoms with Gasteiger partial charge in [-0.1, -0.05) is 23.4 Å². The van der Waals surface area contributed by atoms with Crippen LogP contribution in [0.4, 0.5) is 0 Å². The van der Waals surface area contributed by atoms with E-state index in [1.165, 1.54) is 0 Å². The van der Waals surface area contributed by atoms with E-state index in [4.69, 9.17) is 10.3 Å². The van der Waals surface area contributed by atoms with Crippen molar-refractivity contribution >= 4 is 5.71 Å². The molecule has 2 N–H and O–H groups in total. The highest BCUT2D eigenvalue weighted by Crippen LogP contribution is 2.02. The van der Waals surface area contributed by atoms with E-state index < -0.39 is 0 Å². The minimum atomic E-state index is 0.322. The van der Waals surface area contributed by atoms with Gasteiger partial charge in [0.1, 0.15) is 5.75 Å². The number of para-hydroxylation sites is 1. The molecule has 12 heavy (non-hydrogen) atoms. The Kier molecular flexibility index (Phi) is 5.43. The third-order valence-electron chi connectivity index (χ3n) is 0.956. The molecule has 66 valence electrons. The summed E-state index contributed by atoms with van der Waals surface area (Å²) in [5.74, 6) is 0.322. The van der Waals surface area contributed by atoms with Crippen LogP contribution in [0, 0.1) is 0 Å². The van der Waals surface area contributed by atoms with Gasteiger partial charge in [0, 0.05) is 0 Å². The minimum Gasteiger partial charge on any atom is -0.508 e. The van der Waals surface area contributed by atoms with E-state index in [1.807, 2.05) is 6.07 Å². The SMILES string of the molecule is CC(C)=NO.Oc1ccccc1. The summed E-state index contributed by atoms with van der Waals surface area (Å²) in [6, 6.07) is 8.71. The van der Waals surface area contributed by atoms with Crippen LogP contribution < -0.4 is 0 Å². The van der Waals surface area contributed by atoms with Gasteiger partial charge in [0.25, 0.3) is 0 Å². The number of aromatic hydroxyl groups is 1. The monoisotopic (exact) mass is 167 g/mol. The van der Waals surface area contributed by atoms with Crippen LogP contribution in [0.2, 0.25) is 0 Å². The first kappa shape index (κ1) is 10.5. The maximum Gasteiger partial charge on any atom is 0.115 e. The predicted octanol–water partition coefficient (Wildman–Crippen LogP) is 2.25. The molecule has 0 aliphatic rings. The summed E-state index contributed by atoms with van der Waals surface area (Å²) >= 11 is 0. The van der Waals surface area contributed by atoms with Crippen molar-refractivity contribution in [3.63, 3.8) is 0 Å². The lowest BCUT2D eigenvalue weighted by molar-refractivity contribution is 0.318. The topological polar surface area (TPSA) is 52.8 Å². The number of benzene rings is 1. The number of nitrogens with zero attached hydrogens (tertiary/aromatic N) is 1. The molecule has 0 aliphatic carbocycles. The largest absolute Gasteiger partial charge is 0.508 e. The van der Waals surface area contributed by atoms with Crippen LogP contribution in [0.15, 0.2) is 35.5 Å². The predicted molar refractivity (Wildman–Crippen MR) is 48.7 cm³/mol. The van der Waals surface area contributed by atoms with Gasteiger partial charge in [0.05, 0.1) is 5.71 Å². The molecule has 0 aliphatic heterocycles. The Balaban J connectivity index is 0.000000217. The average molecular weight is 167 g/mol. The van der Waals surface area contributed by atoms with Crippen LogP contribution >= 0.6 is 0 Å². The van der Waals surface area contributed by atoms with Crippen molar-refractivity contribution in [2.24, 2.45) is 5.16 Å². The summed E-state index contributed by atoms with van der Waals surface area (Å²) < 4.78 is 0. The van der Waals surface area contributed by atoms with Crippen LogP contribution in [0.5, 0.6) is 5.75 Å². The van der Waals surface area contributed by atoms with Gasteiger partial charge in [0.15, 0.2) is 0 Å². The molecular formula is C9H13NO2. The molecule has 0 atom stereocenters. The van der Waals surface area contributed by atoms with Crippen molar-refractivity contribution in [2.45, 2.75) is 13.8 Å². The van der Waals surface area contributed by atoms with E-state index in [9.17, 15) is 0 Å². The first-order valence-corrected chi connectivity index (χ1v) is 3.56. The van der Waals surface area contributed by atoms with Gasteiger partial charge in [-0.2, -0.15) is 0 Å². The summed E-state index contributed by atoms with van der Waals surface area (Å²) in [6.45, 7) is 3.44. The standard InChI is InChI=1S/C6H6O.C3H7NO/c7-6-4-2-1-3-5-6;1-3(2)4-5/h1-5,7H;5H,1-2H3. The summed E-state index contributed by atoms with van der Waals surface area (Å²) in [7, 11) is 0. The van der Waals surface area contributed by atoms with Crippen LogP contribution in [0.1, 0.15) is 13.8 Å². The van der Waals surface area contributed by atoms with Gasteiger partial charge in [-0.15, -0.1) is 0 Å². The zero-order valence-corrected chi connectivity index (χ0v) is 7.23. The molecule has 0 unspecified atom stereocenters. The highest BCUT2D eigenvalue weighted by Gasteiger charge is 1.74. The molecule has 0 spiro atoms. The number of oxime groups is 1. The zero-order valence-electron chi connectivity index (χ0n) is 7.23. The Morgan fingerprint density at radius 1 is 1.17 bits per heavy atom. The van der Waals surface area contributed by atoms with Crippen LogP contribution in [-0.4, -0.2) is 16.0 Å². The van der Waals surface area contributed by atoms with Crippen molar-refractivity contribution in [3.8, 4) is 5.75 Å². The molecule has 0 amide bonds. The number of phenols is 1. The molecule has 0 heterocycles. The molecule has 0 saturated carbocycles. The molecule has 1 aromatic carbocycles.